The van der Waals surface area contributed by atoms with Gasteiger partial charge in [-0.15, -0.1) is 0 Å². The van der Waals surface area contributed by atoms with Gasteiger partial charge in [0.1, 0.15) is 34.7 Å². The number of urea groups is 1. The maximum atomic E-state index is 14.5. The first-order valence-electron chi connectivity index (χ1n) is 9.33. The van der Waals surface area contributed by atoms with Crippen molar-refractivity contribution in [2.45, 2.75) is 0 Å². The zero-order chi connectivity index (χ0) is 23.5. The number of benzene rings is 3. The molecule has 0 unspecified atom stereocenters. The second-order valence-corrected chi connectivity index (χ2v) is 6.73. The standard InChI is InChI=1S/C23H13F3N4O3/c1-27-20-10-14-19(11-21(20)31)28-7-6-22(14)33-13-3-5-18(16(26)9-13)30-23(32)29-17-4-2-12(24)8-15(17)25/h2-11,31H,(H2,29,30,32). The monoisotopic (exact) mass is 450 g/mol. The summed E-state index contributed by atoms with van der Waals surface area (Å²) >= 11 is 0. The molecule has 7 nitrogen and oxygen atoms in total. The van der Waals surface area contributed by atoms with Crippen LogP contribution in [0.2, 0.25) is 0 Å². The first-order chi connectivity index (χ1) is 15.8. The van der Waals surface area contributed by atoms with E-state index in [1.54, 1.807) is 0 Å². The molecule has 0 bridgehead atoms. The Kier molecular flexibility index (Phi) is 5.69. The van der Waals surface area contributed by atoms with Gasteiger partial charge in [-0.05, 0) is 42.5 Å². The van der Waals surface area contributed by atoms with Gasteiger partial charge >= 0.3 is 6.03 Å². The number of nitrogens with one attached hydrogen (secondary N) is 2. The number of rotatable bonds is 4. The van der Waals surface area contributed by atoms with Crippen LogP contribution in [0, 0.1) is 24.0 Å². The van der Waals surface area contributed by atoms with Gasteiger partial charge in [-0.2, -0.15) is 0 Å². The van der Waals surface area contributed by atoms with E-state index in [1.165, 1.54) is 36.5 Å². The lowest BCUT2D eigenvalue weighted by Gasteiger charge is -2.12. The molecule has 1 aromatic heterocycles. The Hall–Kier alpha value is -4.78. The number of phenols is 1. The highest BCUT2D eigenvalue weighted by molar-refractivity contribution is 6.00. The Morgan fingerprint density at radius 2 is 1.67 bits per heavy atom. The maximum Gasteiger partial charge on any atom is 0.323 e. The molecule has 4 aromatic rings. The molecule has 4 rings (SSSR count). The van der Waals surface area contributed by atoms with Gasteiger partial charge in [0, 0.05) is 23.7 Å². The molecule has 0 saturated heterocycles. The number of hydrogen-bond acceptors (Lipinski definition) is 4. The summed E-state index contributed by atoms with van der Waals surface area (Å²) in [6.07, 6.45) is 1.43. The lowest BCUT2D eigenvalue weighted by molar-refractivity contribution is 0.262. The predicted octanol–water partition coefficient (Wildman–Crippen LogP) is 6.34. The molecule has 33 heavy (non-hydrogen) atoms. The number of halogens is 3. The topological polar surface area (TPSA) is 87.8 Å². The van der Waals surface area contributed by atoms with E-state index < -0.39 is 23.5 Å². The van der Waals surface area contributed by atoms with Gasteiger partial charge in [0.15, 0.2) is 0 Å². The average molecular weight is 450 g/mol. The molecular weight excluding hydrogens is 437 g/mol. The lowest BCUT2D eigenvalue weighted by atomic mass is 10.1. The fraction of sp³-hybridized carbons (Fsp3) is 0. The fourth-order valence-electron chi connectivity index (χ4n) is 2.98. The third-order valence-electron chi connectivity index (χ3n) is 4.51. The number of fused-ring (bicyclic) bond motifs is 1. The van der Waals surface area contributed by atoms with Gasteiger partial charge in [-0.25, -0.2) is 22.8 Å². The summed E-state index contributed by atoms with van der Waals surface area (Å²) in [5.41, 5.74) is -0.0960. The molecular formula is C23H13F3N4O3. The summed E-state index contributed by atoms with van der Waals surface area (Å²) in [7, 11) is 0. The molecule has 164 valence electrons. The molecule has 10 heteroatoms. The number of nitrogens with zero attached hydrogens (tertiary/aromatic N) is 2. The summed E-state index contributed by atoms with van der Waals surface area (Å²) < 4.78 is 46.9. The average Bonchev–Trinajstić information content (AvgIpc) is 2.77. The summed E-state index contributed by atoms with van der Waals surface area (Å²) in [4.78, 5) is 19.4. The van der Waals surface area contributed by atoms with Gasteiger partial charge < -0.3 is 20.5 Å². The van der Waals surface area contributed by atoms with Crippen LogP contribution >= 0.6 is 0 Å². The van der Waals surface area contributed by atoms with Gasteiger partial charge in [-0.1, -0.05) is 0 Å². The molecule has 0 aliphatic rings. The molecule has 3 aromatic carbocycles. The Morgan fingerprint density at radius 3 is 2.33 bits per heavy atom. The number of pyridine rings is 1. The first-order valence-corrected chi connectivity index (χ1v) is 9.33. The molecule has 0 spiro atoms. The van der Waals surface area contributed by atoms with E-state index >= 15 is 0 Å². The third-order valence-corrected chi connectivity index (χ3v) is 4.51. The summed E-state index contributed by atoms with van der Waals surface area (Å²) in [6.45, 7) is 7.13. The second-order valence-electron chi connectivity index (χ2n) is 6.73. The third kappa shape index (κ3) is 4.62. The molecule has 0 aliphatic carbocycles. The number of amides is 2. The van der Waals surface area contributed by atoms with Crippen LogP contribution < -0.4 is 15.4 Å². The van der Waals surface area contributed by atoms with Crippen LogP contribution in [-0.4, -0.2) is 16.1 Å². The van der Waals surface area contributed by atoms with E-state index in [-0.39, 0.29) is 34.3 Å². The lowest BCUT2D eigenvalue weighted by Crippen LogP contribution is -2.20. The minimum atomic E-state index is -0.978. The minimum Gasteiger partial charge on any atom is -0.519 e. The number of anilines is 2. The van der Waals surface area contributed by atoms with Gasteiger partial charge in [0.05, 0.1) is 23.5 Å². The van der Waals surface area contributed by atoms with E-state index in [4.69, 9.17) is 11.3 Å². The quantitative estimate of drug-likeness (QED) is 0.317. The van der Waals surface area contributed by atoms with Crippen molar-refractivity contribution < 1.29 is 27.8 Å². The normalized spacial score (nSPS) is 10.5. The van der Waals surface area contributed by atoms with Crippen LogP contribution in [0.4, 0.5) is 35.0 Å². The van der Waals surface area contributed by atoms with Crippen molar-refractivity contribution in [2.24, 2.45) is 0 Å². The van der Waals surface area contributed by atoms with Crippen LogP contribution in [0.5, 0.6) is 17.2 Å². The van der Waals surface area contributed by atoms with Crippen molar-refractivity contribution >= 4 is 34.0 Å². The predicted molar refractivity (Wildman–Crippen MR) is 115 cm³/mol. The SMILES string of the molecule is [C-]#[N+]c1cc2c(Oc3ccc(NC(=O)Nc4ccc(F)cc4F)c(F)c3)ccnc2cc1O. The fourth-order valence-corrected chi connectivity index (χ4v) is 2.98. The van der Waals surface area contributed by atoms with Crippen molar-refractivity contribution in [3.8, 4) is 17.2 Å². The number of aromatic hydroxyl groups is 1. The van der Waals surface area contributed by atoms with E-state index in [0.29, 0.717) is 17.0 Å². The smallest absolute Gasteiger partial charge is 0.323 e. The van der Waals surface area contributed by atoms with E-state index in [0.717, 1.165) is 18.2 Å². The highest BCUT2D eigenvalue weighted by Crippen LogP contribution is 2.37. The molecule has 1 heterocycles. The highest BCUT2D eigenvalue weighted by Gasteiger charge is 2.13. The molecule has 0 fully saturated rings. The Balaban J connectivity index is 1.52. The second kappa shape index (κ2) is 8.76. The largest absolute Gasteiger partial charge is 0.519 e. The molecule has 0 saturated carbocycles. The first kappa shape index (κ1) is 21.5. The Bertz CT molecular complexity index is 1440. The van der Waals surface area contributed by atoms with Crippen LogP contribution in [-0.2, 0) is 0 Å². The van der Waals surface area contributed by atoms with Gasteiger partial charge in [0.2, 0.25) is 5.69 Å². The summed E-state index contributed by atoms with van der Waals surface area (Å²) in [5.74, 6) is -2.47. The zero-order valence-corrected chi connectivity index (χ0v) is 16.6. The molecule has 0 aliphatic heterocycles. The molecule has 0 radical (unpaired) electrons. The highest BCUT2D eigenvalue weighted by atomic mass is 19.1. The summed E-state index contributed by atoms with van der Waals surface area (Å²) in [5, 5.41) is 14.7. The van der Waals surface area contributed by atoms with Crippen LogP contribution in [0.1, 0.15) is 0 Å². The van der Waals surface area contributed by atoms with Crippen LogP contribution in [0.3, 0.4) is 0 Å². The van der Waals surface area contributed by atoms with Crippen LogP contribution in [0.25, 0.3) is 15.7 Å². The number of phenolic OH excluding ortho intramolecular Hbond substituents is 1. The molecule has 3 N–H and O–H groups in total. The summed E-state index contributed by atoms with van der Waals surface area (Å²) in [6, 6.07) is 9.58. The number of carbonyl (C=O) groups excluding carboxylic acids is 1. The van der Waals surface area contributed by atoms with Crippen molar-refractivity contribution in [3.63, 3.8) is 0 Å². The number of aromatic nitrogens is 1. The maximum absolute atomic E-state index is 14.5. The minimum absolute atomic E-state index is 0.00896. The molecule has 2 amide bonds. The van der Waals surface area contributed by atoms with Crippen molar-refractivity contribution in [1.29, 1.82) is 0 Å². The molecule has 0 atom stereocenters. The van der Waals surface area contributed by atoms with Gasteiger partial charge in [0.25, 0.3) is 0 Å². The van der Waals surface area contributed by atoms with Crippen molar-refractivity contribution in [2.75, 3.05) is 10.6 Å². The number of carbonyl (C=O) groups is 1. The zero-order valence-electron chi connectivity index (χ0n) is 16.6. The Morgan fingerprint density at radius 1 is 0.970 bits per heavy atom. The van der Waals surface area contributed by atoms with E-state index in [9.17, 15) is 23.1 Å². The number of ether oxygens (including phenoxy) is 1. The number of hydrogen-bond donors (Lipinski definition) is 3. The van der Waals surface area contributed by atoms with Gasteiger partial charge in [-0.3, -0.25) is 4.98 Å². The van der Waals surface area contributed by atoms with Crippen molar-refractivity contribution in [3.05, 3.63) is 89.7 Å². The van der Waals surface area contributed by atoms with Crippen molar-refractivity contribution in [1.82, 2.24) is 4.98 Å². The Labute approximate surface area is 184 Å². The van der Waals surface area contributed by atoms with E-state index in [1.807, 2.05) is 0 Å². The van der Waals surface area contributed by atoms with Crippen LogP contribution in [0.15, 0.2) is 60.8 Å². The van der Waals surface area contributed by atoms with E-state index in [2.05, 4.69) is 20.5 Å².